The number of guanidine groups is 1. The molecular formula is C27H37FN8O5. The minimum absolute atomic E-state index is 0.00343. The van der Waals surface area contributed by atoms with Crippen LogP contribution in [0.3, 0.4) is 0 Å². The molecule has 14 heteroatoms. The normalized spacial score (nSPS) is 12.8. The number of rotatable bonds is 16. The van der Waals surface area contributed by atoms with Crippen LogP contribution >= 0.6 is 0 Å². The van der Waals surface area contributed by atoms with Crippen molar-refractivity contribution >= 4 is 29.6 Å². The Bertz CT molecular complexity index is 1200. The lowest BCUT2D eigenvalue weighted by Crippen LogP contribution is -2.56. The van der Waals surface area contributed by atoms with Gasteiger partial charge in [0.25, 0.3) is 0 Å². The van der Waals surface area contributed by atoms with Crippen LogP contribution in [0, 0.1) is 5.82 Å². The molecule has 41 heavy (non-hydrogen) atoms. The van der Waals surface area contributed by atoms with Crippen LogP contribution in [0.25, 0.3) is 0 Å². The molecule has 2 aromatic rings. The van der Waals surface area contributed by atoms with E-state index in [9.17, 15) is 28.7 Å². The Morgan fingerprint density at radius 2 is 1.41 bits per heavy atom. The van der Waals surface area contributed by atoms with Crippen LogP contribution in [0.15, 0.2) is 53.5 Å². The summed E-state index contributed by atoms with van der Waals surface area (Å²) in [6.07, 6.45) is 0.475. The van der Waals surface area contributed by atoms with Gasteiger partial charge >= 0.3 is 0 Å². The largest absolute Gasteiger partial charge is 0.508 e. The molecule has 0 heterocycles. The van der Waals surface area contributed by atoms with Gasteiger partial charge in [-0.3, -0.25) is 24.2 Å². The number of nitrogens with one attached hydrogen (secondary N) is 3. The van der Waals surface area contributed by atoms with Crippen LogP contribution < -0.4 is 38.9 Å². The number of hydrogen-bond acceptors (Lipinski definition) is 7. The smallest absolute Gasteiger partial charge is 0.243 e. The van der Waals surface area contributed by atoms with E-state index in [1.54, 1.807) is 12.1 Å². The van der Waals surface area contributed by atoms with Crippen LogP contribution in [0.1, 0.15) is 30.4 Å². The van der Waals surface area contributed by atoms with Crippen molar-refractivity contribution in [2.24, 2.45) is 27.9 Å². The van der Waals surface area contributed by atoms with E-state index in [2.05, 4.69) is 20.9 Å². The number of primary amides is 1. The lowest BCUT2D eigenvalue weighted by Gasteiger charge is -2.24. The molecule has 0 aromatic heterocycles. The summed E-state index contributed by atoms with van der Waals surface area (Å²) in [5.41, 5.74) is 23.2. The number of carbonyl (C=O) groups is 4. The summed E-state index contributed by atoms with van der Waals surface area (Å²) in [5.74, 6) is -3.02. The highest BCUT2D eigenvalue weighted by atomic mass is 19.1. The van der Waals surface area contributed by atoms with Gasteiger partial charge in [0.15, 0.2) is 5.96 Å². The molecule has 0 saturated heterocycles. The first-order chi connectivity index (χ1) is 19.4. The predicted octanol–water partition coefficient (Wildman–Crippen LogP) is -1.34. The van der Waals surface area contributed by atoms with Crippen molar-refractivity contribution in [3.8, 4) is 5.75 Å². The number of aromatic hydroxyl groups is 1. The lowest BCUT2D eigenvalue weighted by atomic mass is 10.0. The minimum atomic E-state index is -1.12. The maximum Gasteiger partial charge on any atom is 0.243 e. The van der Waals surface area contributed by atoms with Gasteiger partial charge in [-0.1, -0.05) is 24.3 Å². The third kappa shape index (κ3) is 12.3. The van der Waals surface area contributed by atoms with Gasteiger partial charge < -0.3 is 44.0 Å². The van der Waals surface area contributed by atoms with E-state index in [1.165, 1.54) is 36.4 Å². The van der Waals surface area contributed by atoms with Gasteiger partial charge in [-0.15, -0.1) is 0 Å². The molecule has 0 aliphatic heterocycles. The average Bonchev–Trinajstić information content (AvgIpc) is 2.91. The molecule has 2 rings (SSSR count). The molecule has 13 nitrogen and oxygen atoms in total. The zero-order valence-electron chi connectivity index (χ0n) is 22.5. The second kappa shape index (κ2) is 16.4. The summed E-state index contributed by atoms with van der Waals surface area (Å²) in [5, 5.41) is 17.3. The first kappa shape index (κ1) is 32.5. The number of halogens is 1. The Kier molecular flexibility index (Phi) is 13.0. The van der Waals surface area contributed by atoms with Crippen LogP contribution in [0.5, 0.6) is 5.75 Å². The van der Waals surface area contributed by atoms with Crippen LogP contribution in [0.2, 0.25) is 0 Å². The highest BCUT2D eigenvalue weighted by Gasteiger charge is 2.28. The number of phenolic OH excluding ortho intramolecular Hbond substituents is 1. The van der Waals surface area contributed by atoms with Crippen molar-refractivity contribution in [1.29, 1.82) is 0 Å². The number of carbonyl (C=O) groups excluding carboxylic acids is 4. The molecule has 2 aromatic carbocycles. The molecule has 0 bridgehead atoms. The molecule has 0 radical (unpaired) electrons. The van der Waals surface area contributed by atoms with Crippen molar-refractivity contribution in [2.45, 2.75) is 50.2 Å². The van der Waals surface area contributed by atoms with Gasteiger partial charge in [0.1, 0.15) is 23.7 Å². The molecule has 0 fully saturated rings. The van der Waals surface area contributed by atoms with Crippen molar-refractivity contribution in [3.63, 3.8) is 0 Å². The van der Waals surface area contributed by atoms with E-state index in [4.69, 9.17) is 22.9 Å². The lowest BCUT2D eigenvalue weighted by molar-refractivity contribution is -0.132. The van der Waals surface area contributed by atoms with Crippen molar-refractivity contribution in [2.75, 3.05) is 13.1 Å². The number of nitrogens with zero attached hydrogens (tertiary/aromatic N) is 1. The molecule has 222 valence electrons. The summed E-state index contributed by atoms with van der Waals surface area (Å²) in [6.45, 7) is 0.142. The van der Waals surface area contributed by atoms with Crippen LogP contribution in [-0.4, -0.2) is 65.9 Å². The van der Waals surface area contributed by atoms with E-state index < -0.39 is 47.6 Å². The average molecular weight is 573 g/mol. The van der Waals surface area contributed by atoms with Crippen molar-refractivity contribution in [1.82, 2.24) is 16.0 Å². The molecule has 4 amide bonds. The minimum Gasteiger partial charge on any atom is -0.508 e. The number of hydrogen-bond donors (Lipinski definition) is 8. The number of benzene rings is 2. The molecule has 0 saturated carbocycles. The molecule has 0 spiro atoms. The molecular weight excluding hydrogens is 535 g/mol. The summed E-state index contributed by atoms with van der Waals surface area (Å²) >= 11 is 0. The Labute approximate surface area is 236 Å². The number of phenols is 1. The Balaban J connectivity index is 2.17. The summed E-state index contributed by atoms with van der Waals surface area (Å²) in [6, 6.07) is 8.34. The van der Waals surface area contributed by atoms with Gasteiger partial charge in [0, 0.05) is 25.9 Å². The molecule has 3 atom stereocenters. The Hall–Kier alpha value is -4.72. The van der Waals surface area contributed by atoms with E-state index >= 15 is 0 Å². The number of nitrogens with two attached hydrogens (primary N) is 4. The summed E-state index contributed by atoms with van der Waals surface area (Å²) in [4.78, 5) is 54.2. The maximum absolute atomic E-state index is 13.4. The fourth-order valence-corrected chi connectivity index (χ4v) is 3.80. The topological polar surface area (TPSA) is 241 Å². The molecule has 0 aliphatic rings. The second-order valence-electron chi connectivity index (χ2n) is 9.39. The molecule has 0 unspecified atom stereocenters. The van der Waals surface area contributed by atoms with Gasteiger partial charge in [0.2, 0.25) is 23.6 Å². The third-order valence-electron chi connectivity index (χ3n) is 5.96. The second-order valence-corrected chi connectivity index (χ2v) is 9.39. The van der Waals surface area contributed by atoms with Gasteiger partial charge in [-0.05, 0) is 54.7 Å². The highest BCUT2D eigenvalue weighted by molar-refractivity contribution is 5.93. The summed E-state index contributed by atoms with van der Waals surface area (Å²) in [7, 11) is 0. The predicted molar refractivity (Wildman–Crippen MR) is 150 cm³/mol. The van der Waals surface area contributed by atoms with Gasteiger partial charge in [-0.2, -0.15) is 0 Å². The van der Waals surface area contributed by atoms with Crippen LogP contribution in [-0.2, 0) is 32.0 Å². The zero-order chi connectivity index (χ0) is 30.4. The third-order valence-corrected chi connectivity index (χ3v) is 5.96. The monoisotopic (exact) mass is 572 g/mol. The number of amides is 4. The quantitative estimate of drug-likeness (QED) is 0.0678. The Morgan fingerprint density at radius 1 is 0.829 bits per heavy atom. The molecule has 0 aliphatic carbocycles. The van der Waals surface area contributed by atoms with Gasteiger partial charge in [0.05, 0.1) is 6.04 Å². The fourth-order valence-electron chi connectivity index (χ4n) is 3.80. The first-order valence-corrected chi connectivity index (χ1v) is 12.9. The SMILES string of the molecule is NC(=O)CCNC(=O)[C@H](Cc1ccc(F)cc1)NC(=O)[C@@H](CCCN=C(N)N)NC(=O)[C@@H](N)Cc1ccc(O)cc1. The standard InChI is InChI=1S/C27H37FN8O5/c28-18-7-3-17(4-8-18)15-22(25(40)33-13-11-23(30)38)36-26(41)21(2-1-12-34-27(31)32)35-24(39)20(29)14-16-5-9-19(37)10-6-16/h3-10,20-22,37H,1-2,11-15,29H2,(H2,30,38)(H,33,40)(H,35,39)(H,36,41)(H4,31,32,34)/t20-,21+,22-/m0/s1. The van der Waals surface area contributed by atoms with E-state index in [0.717, 1.165) is 0 Å². The fraction of sp³-hybridized carbons (Fsp3) is 0.370. The van der Waals surface area contributed by atoms with Crippen molar-refractivity contribution in [3.05, 3.63) is 65.5 Å². The number of aliphatic imine (C=N–C) groups is 1. The van der Waals surface area contributed by atoms with Gasteiger partial charge in [-0.25, -0.2) is 4.39 Å². The Morgan fingerprint density at radius 3 is 2.02 bits per heavy atom. The zero-order valence-corrected chi connectivity index (χ0v) is 22.5. The van der Waals surface area contributed by atoms with Crippen LogP contribution in [0.4, 0.5) is 4.39 Å². The highest BCUT2D eigenvalue weighted by Crippen LogP contribution is 2.12. The summed E-state index contributed by atoms with van der Waals surface area (Å²) < 4.78 is 13.4. The van der Waals surface area contributed by atoms with E-state index in [-0.39, 0.29) is 50.5 Å². The maximum atomic E-state index is 13.4. The van der Waals surface area contributed by atoms with E-state index in [0.29, 0.717) is 17.5 Å². The van der Waals surface area contributed by atoms with Crippen molar-refractivity contribution < 1.29 is 28.7 Å². The first-order valence-electron chi connectivity index (χ1n) is 12.9. The van der Waals surface area contributed by atoms with E-state index in [1.807, 2.05) is 0 Å². The molecule has 12 N–H and O–H groups in total.